The SMILES string of the molecule is Cc1c(F)c([N+](=O)[O-])cc(Br)c1I. The highest BCUT2D eigenvalue weighted by molar-refractivity contribution is 14.1. The molecule has 0 N–H and O–H groups in total. The predicted octanol–water partition coefficient (Wildman–Crippen LogP) is 3.41. The Bertz CT molecular complexity index is 383. The van der Waals surface area contributed by atoms with E-state index >= 15 is 0 Å². The standard InChI is InChI=1S/C7H4BrFINO2/c1-3-6(9)5(11(12)13)2-4(8)7(3)10/h2H,1H3. The molecular formula is C7H4BrFINO2. The van der Waals surface area contributed by atoms with Crippen LogP contribution in [0.2, 0.25) is 0 Å². The van der Waals surface area contributed by atoms with Crippen LogP contribution < -0.4 is 0 Å². The summed E-state index contributed by atoms with van der Waals surface area (Å²) in [4.78, 5) is 9.65. The van der Waals surface area contributed by atoms with Gasteiger partial charge in [-0.15, -0.1) is 0 Å². The van der Waals surface area contributed by atoms with Crippen LogP contribution in [-0.4, -0.2) is 4.92 Å². The van der Waals surface area contributed by atoms with Crippen LogP contribution in [-0.2, 0) is 0 Å². The molecule has 3 nitrogen and oxygen atoms in total. The fourth-order valence-corrected chi connectivity index (χ4v) is 1.75. The molecule has 0 saturated heterocycles. The molecule has 0 fully saturated rings. The smallest absolute Gasteiger partial charge is 0.258 e. The van der Waals surface area contributed by atoms with Crippen LogP contribution in [0.4, 0.5) is 10.1 Å². The third-order valence-electron chi connectivity index (χ3n) is 1.55. The molecule has 1 aromatic rings. The number of halogens is 3. The van der Waals surface area contributed by atoms with Gasteiger partial charge in [0, 0.05) is 19.7 Å². The third-order valence-corrected chi connectivity index (χ3v) is 4.31. The molecule has 0 aromatic heterocycles. The number of nitrogens with zero attached hydrogens (tertiary/aromatic N) is 1. The molecule has 0 spiro atoms. The second kappa shape index (κ2) is 3.87. The zero-order chi connectivity index (χ0) is 10.2. The summed E-state index contributed by atoms with van der Waals surface area (Å²) in [5.41, 5.74) is -0.202. The molecule has 70 valence electrons. The van der Waals surface area contributed by atoms with E-state index in [4.69, 9.17) is 0 Å². The second-order valence-corrected chi connectivity index (χ2v) is 4.32. The Labute approximate surface area is 95.7 Å². The minimum atomic E-state index is -0.766. The topological polar surface area (TPSA) is 43.1 Å². The van der Waals surface area contributed by atoms with E-state index in [0.29, 0.717) is 13.6 Å². The van der Waals surface area contributed by atoms with Gasteiger partial charge in [-0.2, -0.15) is 4.39 Å². The summed E-state index contributed by atoms with van der Waals surface area (Å²) in [6.07, 6.45) is 0. The number of hydrogen-bond acceptors (Lipinski definition) is 2. The molecule has 0 atom stereocenters. The predicted molar refractivity (Wildman–Crippen MR) is 58.2 cm³/mol. The summed E-state index contributed by atoms with van der Waals surface area (Å²) in [5.74, 6) is -0.766. The van der Waals surface area contributed by atoms with Gasteiger partial charge in [0.2, 0.25) is 5.82 Å². The molecule has 0 aliphatic carbocycles. The number of hydrogen-bond donors (Lipinski definition) is 0. The van der Waals surface area contributed by atoms with E-state index in [9.17, 15) is 14.5 Å². The van der Waals surface area contributed by atoms with Crippen molar-refractivity contribution in [2.24, 2.45) is 0 Å². The summed E-state index contributed by atoms with van der Waals surface area (Å²) in [5, 5.41) is 10.4. The van der Waals surface area contributed by atoms with Crippen LogP contribution in [0.25, 0.3) is 0 Å². The Balaban J connectivity index is 3.50. The normalized spacial score (nSPS) is 10.2. The van der Waals surface area contributed by atoms with Crippen LogP contribution in [0, 0.1) is 26.4 Å². The van der Waals surface area contributed by atoms with Gasteiger partial charge in [-0.1, -0.05) is 0 Å². The highest BCUT2D eigenvalue weighted by Crippen LogP contribution is 2.31. The first-order chi connectivity index (χ1) is 5.95. The molecule has 0 aliphatic rings. The van der Waals surface area contributed by atoms with Gasteiger partial charge < -0.3 is 0 Å². The number of nitro benzene ring substituents is 1. The van der Waals surface area contributed by atoms with E-state index in [-0.39, 0.29) is 0 Å². The minimum absolute atomic E-state index is 0.293. The maximum Gasteiger partial charge on any atom is 0.306 e. The second-order valence-electron chi connectivity index (χ2n) is 2.39. The lowest BCUT2D eigenvalue weighted by atomic mass is 10.2. The summed E-state index contributed by atoms with van der Waals surface area (Å²) in [6.45, 7) is 1.51. The quantitative estimate of drug-likeness (QED) is 0.334. The van der Waals surface area contributed by atoms with Crippen LogP contribution >= 0.6 is 38.5 Å². The average Bonchev–Trinajstić information content (AvgIpc) is 2.07. The van der Waals surface area contributed by atoms with Crippen molar-refractivity contribution in [2.45, 2.75) is 6.92 Å². The van der Waals surface area contributed by atoms with E-state index in [1.807, 2.05) is 22.6 Å². The summed E-state index contributed by atoms with van der Waals surface area (Å²) < 4.78 is 14.4. The van der Waals surface area contributed by atoms with Crippen molar-refractivity contribution in [3.63, 3.8) is 0 Å². The fourth-order valence-electron chi connectivity index (χ4n) is 0.847. The highest BCUT2D eigenvalue weighted by Gasteiger charge is 2.20. The molecule has 0 saturated carbocycles. The minimum Gasteiger partial charge on any atom is -0.258 e. The van der Waals surface area contributed by atoms with Gasteiger partial charge in [-0.3, -0.25) is 10.1 Å². The van der Waals surface area contributed by atoms with Crippen molar-refractivity contribution >= 4 is 44.2 Å². The molecule has 13 heavy (non-hydrogen) atoms. The van der Waals surface area contributed by atoms with Crippen LogP contribution in [0.5, 0.6) is 0 Å². The number of benzene rings is 1. The van der Waals surface area contributed by atoms with Crippen LogP contribution in [0.3, 0.4) is 0 Å². The molecule has 0 bridgehead atoms. The number of nitro groups is 1. The van der Waals surface area contributed by atoms with Gasteiger partial charge in [0.25, 0.3) is 0 Å². The Kier molecular flexibility index (Phi) is 3.23. The van der Waals surface area contributed by atoms with Gasteiger partial charge in [0.05, 0.1) is 4.92 Å². The van der Waals surface area contributed by atoms with Gasteiger partial charge in [-0.25, -0.2) is 0 Å². The zero-order valence-electron chi connectivity index (χ0n) is 6.47. The molecule has 6 heteroatoms. The van der Waals surface area contributed by atoms with E-state index in [1.165, 1.54) is 13.0 Å². The summed E-state index contributed by atoms with van der Waals surface area (Å²) in [6, 6.07) is 1.17. The maximum absolute atomic E-state index is 13.2. The molecule has 0 aliphatic heterocycles. The Hall–Kier alpha value is -0.240. The molecule has 1 aromatic carbocycles. The fraction of sp³-hybridized carbons (Fsp3) is 0.143. The molecule has 1 rings (SSSR count). The van der Waals surface area contributed by atoms with E-state index < -0.39 is 16.4 Å². The average molecular weight is 360 g/mol. The van der Waals surface area contributed by atoms with Crippen molar-refractivity contribution in [3.05, 3.63) is 35.6 Å². The largest absolute Gasteiger partial charge is 0.306 e. The third kappa shape index (κ3) is 1.98. The van der Waals surface area contributed by atoms with Crippen molar-refractivity contribution < 1.29 is 9.31 Å². The van der Waals surface area contributed by atoms with Gasteiger partial charge >= 0.3 is 5.69 Å². The van der Waals surface area contributed by atoms with Crippen LogP contribution in [0.1, 0.15) is 5.56 Å². The van der Waals surface area contributed by atoms with Crippen molar-refractivity contribution in [3.8, 4) is 0 Å². The van der Waals surface area contributed by atoms with Gasteiger partial charge in [0.1, 0.15) is 0 Å². The summed E-state index contributed by atoms with van der Waals surface area (Å²) >= 11 is 5.05. The van der Waals surface area contributed by atoms with Gasteiger partial charge in [0.15, 0.2) is 0 Å². The maximum atomic E-state index is 13.2. The van der Waals surface area contributed by atoms with Crippen molar-refractivity contribution in [1.82, 2.24) is 0 Å². The van der Waals surface area contributed by atoms with E-state index in [1.54, 1.807) is 0 Å². The van der Waals surface area contributed by atoms with E-state index in [0.717, 1.165) is 0 Å². The monoisotopic (exact) mass is 359 g/mol. The zero-order valence-corrected chi connectivity index (χ0v) is 10.2. The van der Waals surface area contributed by atoms with E-state index in [2.05, 4.69) is 15.9 Å². The molecular weight excluding hydrogens is 356 g/mol. The Morgan fingerprint density at radius 2 is 2.23 bits per heavy atom. The molecule has 0 unspecified atom stereocenters. The first-order valence-corrected chi connectivity index (χ1v) is 5.10. The lowest BCUT2D eigenvalue weighted by molar-refractivity contribution is -0.387. The molecule has 0 heterocycles. The lowest BCUT2D eigenvalue weighted by Gasteiger charge is -2.02. The van der Waals surface area contributed by atoms with Gasteiger partial charge in [-0.05, 0) is 45.4 Å². The molecule has 0 amide bonds. The Morgan fingerprint density at radius 1 is 1.69 bits per heavy atom. The Morgan fingerprint density at radius 3 is 2.69 bits per heavy atom. The van der Waals surface area contributed by atoms with Crippen molar-refractivity contribution in [1.29, 1.82) is 0 Å². The van der Waals surface area contributed by atoms with Crippen molar-refractivity contribution in [2.75, 3.05) is 0 Å². The lowest BCUT2D eigenvalue weighted by Crippen LogP contribution is -1.97. The van der Waals surface area contributed by atoms with Crippen LogP contribution in [0.15, 0.2) is 10.5 Å². The molecule has 0 radical (unpaired) electrons. The highest BCUT2D eigenvalue weighted by atomic mass is 127. The first kappa shape index (κ1) is 10.8. The first-order valence-electron chi connectivity index (χ1n) is 3.23. The number of rotatable bonds is 1. The summed E-state index contributed by atoms with van der Waals surface area (Å²) in [7, 11) is 0.